The maximum absolute atomic E-state index is 13.3. The van der Waals surface area contributed by atoms with Crippen molar-refractivity contribution in [3.8, 4) is 0 Å². The summed E-state index contributed by atoms with van der Waals surface area (Å²) in [6.07, 6.45) is 4.19. The van der Waals surface area contributed by atoms with Crippen LogP contribution in [-0.2, 0) is 16.1 Å². The van der Waals surface area contributed by atoms with Crippen LogP contribution < -0.4 is 0 Å². The Labute approximate surface area is 193 Å². The summed E-state index contributed by atoms with van der Waals surface area (Å²) < 4.78 is 11.2. The Morgan fingerprint density at radius 2 is 1.97 bits per heavy atom. The summed E-state index contributed by atoms with van der Waals surface area (Å²) in [5.74, 6) is 0.255. The van der Waals surface area contributed by atoms with Crippen LogP contribution in [-0.4, -0.2) is 53.5 Å². The molecule has 2 heterocycles. The zero-order valence-electron chi connectivity index (χ0n) is 17.9. The second-order valence-electron chi connectivity index (χ2n) is 7.84. The van der Waals surface area contributed by atoms with E-state index in [0.29, 0.717) is 47.5 Å². The number of ether oxygens (including phenoxy) is 1. The maximum Gasteiger partial charge on any atom is 0.254 e. The van der Waals surface area contributed by atoms with Gasteiger partial charge in [-0.15, -0.1) is 0 Å². The predicted molar refractivity (Wildman–Crippen MR) is 120 cm³/mol. The SMILES string of the molecule is CCC(C)N(CC(=O)N(Cc1ccco1)CC1CCCO1)C(=O)c1cc(Cl)cc(Cl)c1. The molecular formula is C23H28Cl2N2O4. The van der Waals surface area contributed by atoms with Crippen LogP contribution in [0, 0.1) is 0 Å². The van der Waals surface area contributed by atoms with Gasteiger partial charge in [0, 0.05) is 34.8 Å². The third kappa shape index (κ3) is 6.48. The zero-order valence-corrected chi connectivity index (χ0v) is 19.4. The Morgan fingerprint density at radius 3 is 2.55 bits per heavy atom. The molecule has 1 aliphatic rings. The number of amides is 2. The van der Waals surface area contributed by atoms with Crippen LogP contribution in [0.2, 0.25) is 10.0 Å². The molecule has 3 rings (SSSR count). The van der Waals surface area contributed by atoms with E-state index in [-0.39, 0.29) is 30.5 Å². The van der Waals surface area contributed by atoms with Gasteiger partial charge in [-0.1, -0.05) is 30.1 Å². The summed E-state index contributed by atoms with van der Waals surface area (Å²) in [6, 6.07) is 8.21. The van der Waals surface area contributed by atoms with Gasteiger partial charge in [-0.25, -0.2) is 0 Å². The number of hydrogen-bond donors (Lipinski definition) is 0. The fourth-order valence-corrected chi connectivity index (χ4v) is 4.14. The van der Waals surface area contributed by atoms with Crippen LogP contribution in [0.25, 0.3) is 0 Å². The number of furan rings is 1. The Morgan fingerprint density at radius 1 is 1.23 bits per heavy atom. The van der Waals surface area contributed by atoms with Crippen LogP contribution in [0.4, 0.5) is 0 Å². The highest BCUT2D eigenvalue weighted by molar-refractivity contribution is 6.35. The van der Waals surface area contributed by atoms with E-state index in [1.807, 2.05) is 19.9 Å². The molecule has 1 aliphatic heterocycles. The van der Waals surface area contributed by atoms with Gasteiger partial charge in [0.2, 0.25) is 5.91 Å². The van der Waals surface area contributed by atoms with Crippen molar-refractivity contribution in [2.75, 3.05) is 19.7 Å². The van der Waals surface area contributed by atoms with Crippen molar-refractivity contribution >= 4 is 35.0 Å². The Bertz CT molecular complexity index is 861. The van der Waals surface area contributed by atoms with E-state index >= 15 is 0 Å². The molecule has 1 aromatic carbocycles. The van der Waals surface area contributed by atoms with Crippen LogP contribution >= 0.6 is 23.2 Å². The molecule has 0 aliphatic carbocycles. The normalized spacial score (nSPS) is 16.8. The van der Waals surface area contributed by atoms with E-state index in [9.17, 15) is 9.59 Å². The van der Waals surface area contributed by atoms with E-state index in [0.717, 1.165) is 12.8 Å². The quantitative estimate of drug-likeness (QED) is 0.519. The molecule has 0 N–H and O–H groups in total. The summed E-state index contributed by atoms with van der Waals surface area (Å²) in [6.45, 7) is 5.36. The minimum Gasteiger partial charge on any atom is -0.467 e. The lowest BCUT2D eigenvalue weighted by molar-refractivity contribution is -0.134. The Balaban J connectivity index is 1.79. The summed E-state index contributed by atoms with van der Waals surface area (Å²) >= 11 is 12.2. The van der Waals surface area contributed by atoms with Crippen molar-refractivity contribution < 1.29 is 18.7 Å². The number of nitrogens with zero attached hydrogens (tertiary/aromatic N) is 2. The van der Waals surface area contributed by atoms with Gasteiger partial charge in [0.25, 0.3) is 5.91 Å². The van der Waals surface area contributed by atoms with Crippen LogP contribution in [0.5, 0.6) is 0 Å². The van der Waals surface area contributed by atoms with Gasteiger partial charge in [0.15, 0.2) is 0 Å². The highest BCUT2D eigenvalue weighted by Crippen LogP contribution is 2.22. The molecule has 6 nitrogen and oxygen atoms in total. The number of hydrogen-bond acceptors (Lipinski definition) is 4. The van der Waals surface area contributed by atoms with Gasteiger partial charge in [0.05, 0.1) is 18.9 Å². The topological polar surface area (TPSA) is 63.0 Å². The maximum atomic E-state index is 13.3. The molecule has 31 heavy (non-hydrogen) atoms. The molecule has 0 saturated carbocycles. The molecule has 0 bridgehead atoms. The predicted octanol–water partition coefficient (Wildman–Crippen LogP) is 5.03. The van der Waals surface area contributed by atoms with Crippen molar-refractivity contribution in [3.05, 3.63) is 58.0 Å². The Kier molecular flexibility index (Phi) is 8.41. The van der Waals surface area contributed by atoms with Crippen molar-refractivity contribution in [2.24, 2.45) is 0 Å². The average molecular weight is 467 g/mol. The first-order chi connectivity index (χ1) is 14.9. The van der Waals surface area contributed by atoms with E-state index in [4.69, 9.17) is 32.4 Å². The highest BCUT2D eigenvalue weighted by Gasteiger charge is 2.28. The van der Waals surface area contributed by atoms with Gasteiger partial charge in [0.1, 0.15) is 12.3 Å². The van der Waals surface area contributed by atoms with Gasteiger partial charge >= 0.3 is 0 Å². The van der Waals surface area contributed by atoms with E-state index < -0.39 is 0 Å². The number of carbonyl (C=O) groups excluding carboxylic acids is 2. The molecule has 2 aromatic rings. The summed E-state index contributed by atoms with van der Waals surface area (Å²) in [4.78, 5) is 29.9. The molecule has 8 heteroatoms. The first-order valence-corrected chi connectivity index (χ1v) is 11.3. The average Bonchev–Trinajstić information content (AvgIpc) is 3.44. The number of benzene rings is 1. The number of carbonyl (C=O) groups is 2. The van der Waals surface area contributed by atoms with E-state index in [2.05, 4.69) is 0 Å². The summed E-state index contributed by atoms with van der Waals surface area (Å²) in [5, 5.41) is 0.758. The fourth-order valence-electron chi connectivity index (χ4n) is 3.62. The van der Waals surface area contributed by atoms with Gasteiger partial charge < -0.3 is 19.0 Å². The monoisotopic (exact) mass is 466 g/mol. The molecule has 2 amide bonds. The van der Waals surface area contributed by atoms with Crippen LogP contribution in [0.3, 0.4) is 0 Å². The number of rotatable bonds is 9. The third-order valence-electron chi connectivity index (χ3n) is 5.53. The smallest absolute Gasteiger partial charge is 0.254 e. The fraction of sp³-hybridized carbons (Fsp3) is 0.478. The minimum absolute atomic E-state index is 0.00148. The summed E-state index contributed by atoms with van der Waals surface area (Å²) in [7, 11) is 0. The number of halogens is 2. The molecule has 2 atom stereocenters. The van der Waals surface area contributed by atoms with Crippen molar-refractivity contribution in [1.82, 2.24) is 9.80 Å². The first-order valence-electron chi connectivity index (χ1n) is 10.6. The summed E-state index contributed by atoms with van der Waals surface area (Å²) in [5.41, 5.74) is 0.363. The minimum atomic E-state index is -0.276. The first kappa shape index (κ1) is 23.6. The van der Waals surface area contributed by atoms with Crippen LogP contribution in [0.15, 0.2) is 41.0 Å². The lowest BCUT2D eigenvalue weighted by Crippen LogP contribution is -2.47. The third-order valence-corrected chi connectivity index (χ3v) is 5.96. The van der Waals surface area contributed by atoms with Gasteiger partial charge in [-0.2, -0.15) is 0 Å². The molecule has 0 radical (unpaired) electrons. The van der Waals surface area contributed by atoms with Crippen molar-refractivity contribution in [3.63, 3.8) is 0 Å². The lowest BCUT2D eigenvalue weighted by Gasteiger charge is -2.32. The second kappa shape index (κ2) is 11.0. The molecule has 0 spiro atoms. The van der Waals surface area contributed by atoms with Crippen molar-refractivity contribution in [2.45, 2.75) is 51.8 Å². The molecule has 1 fully saturated rings. The second-order valence-corrected chi connectivity index (χ2v) is 8.71. The van der Waals surface area contributed by atoms with E-state index in [1.165, 1.54) is 0 Å². The van der Waals surface area contributed by atoms with Crippen molar-refractivity contribution in [1.29, 1.82) is 0 Å². The molecular weight excluding hydrogens is 439 g/mol. The lowest BCUT2D eigenvalue weighted by atomic mass is 10.1. The molecule has 1 aromatic heterocycles. The van der Waals surface area contributed by atoms with Crippen LogP contribution in [0.1, 0.15) is 49.2 Å². The molecule has 168 valence electrons. The Hall–Kier alpha value is -2.02. The van der Waals surface area contributed by atoms with Gasteiger partial charge in [-0.05, 0) is 56.5 Å². The standard InChI is InChI=1S/C23H28Cl2N2O4/c1-3-16(2)27(23(29)17-10-18(24)12-19(25)11-17)15-22(28)26(13-20-6-4-8-30-20)14-21-7-5-9-31-21/h4,6,8,10-12,16,21H,3,5,7,9,13-15H2,1-2H3. The molecule has 2 unspecified atom stereocenters. The largest absolute Gasteiger partial charge is 0.467 e. The zero-order chi connectivity index (χ0) is 22.4. The van der Waals surface area contributed by atoms with E-state index in [1.54, 1.807) is 40.3 Å². The highest BCUT2D eigenvalue weighted by atomic mass is 35.5. The molecule has 1 saturated heterocycles. The van der Waals surface area contributed by atoms with Gasteiger partial charge in [-0.3, -0.25) is 9.59 Å².